The molecular weight excluding hydrogens is 633 g/mol. The maximum absolute atomic E-state index is 8.76. The highest BCUT2D eigenvalue weighted by Crippen LogP contribution is 2.35. The molecule has 1 aromatic rings. The molecule has 10 nitrogen and oxygen atoms in total. The summed E-state index contributed by atoms with van der Waals surface area (Å²) in [7, 11) is 4.19. The first-order chi connectivity index (χ1) is 19.7. The predicted octanol–water partition coefficient (Wildman–Crippen LogP) is 5.98. The lowest BCUT2D eigenvalue weighted by Crippen LogP contribution is -2.32. The monoisotopic (exact) mass is 677 g/mol. The SMILES string of the molecule is CC(C)CO/C(CCCCCN(C)C)=C(/C(=N)I)c1cnc2cc1O[C@@H](C)CCOC=C(C=N)C1=NCC=C(N1)N2. The number of allylic oxidation sites excluding steroid dienone is 2. The van der Waals surface area contributed by atoms with Crippen molar-refractivity contribution in [1.29, 1.82) is 10.8 Å². The fraction of sp³-hybridized carbons (Fsp3) is 0.533. The van der Waals surface area contributed by atoms with Crippen molar-refractivity contribution in [3.05, 3.63) is 47.3 Å². The minimum absolute atomic E-state index is 0.173. The van der Waals surface area contributed by atoms with Crippen molar-refractivity contribution in [2.24, 2.45) is 10.9 Å². The molecule has 3 heterocycles. The third-order valence-electron chi connectivity index (χ3n) is 6.40. The van der Waals surface area contributed by atoms with Gasteiger partial charge < -0.3 is 35.2 Å². The Morgan fingerprint density at radius 1 is 1.27 bits per heavy atom. The molecule has 2 aliphatic rings. The Bertz CT molecular complexity index is 1190. The topological polar surface area (TPSA) is 128 Å². The van der Waals surface area contributed by atoms with Crippen LogP contribution in [0.5, 0.6) is 5.75 Å². The van der Waals surface area contributed by atoms with Crippen molar-refractivity contribution in [1.82, 2.24) is 15.2 Å². The average Bonchev–Trinajstić information content (AvgIpc) is 2.91. The highest BCUT2D eigenvalue weighted by molar-refractivity contribution is 14.1. The molecule has 0 unspecified atom stereocenters. The molecule has 1 atom stereocenters. The second kappa shape index (κ2) is 16.5. The fourth-order valence-electron chi connectivity index (χ4n) is 4.25. The molecule has 0 amide bonds. The summed E-state index contributed by atoms with van der Waals surface area (Å²) in [6.45, 7) is 8.75. The van der Waals surface area contributed by atoms with Crippen LogP contribution in [0.15, 0.2) is 46.7 Å². The van der Waals surface area contributed by atoms with Gasteiger partial charge in [0.1, 0.15) is 32.7 Å². The maximum Gasteiger partial charge on any atom is 0.138 e. The Morgan fingerprint density at radius 2 is 2.07 bits per heavy atom. The van der Waals surface area contributed by atoms with Crippen molar-refractivity contribution in [2.75, 3.05) is 45.7 Å². The minimum atomic E-state index is -0.173. The van der Waals surface area contributed by atoms with Gasteiger partial charge in [0.2, 0.25) is 0 Å². The van der Waals surface area contributed by atoms with Crippen LogP contribution in [0.25, 0.3) is 5.57 Å². The Labute approximate surface area is 257 Å². The lowest BCUT2D eigenvalue weighted by atomic mass is 10.0. The van der Waals surface area contributed by atoms with Crippen molar-refractivity contribution in [3.63, 3.8) is 0 Å². The number of halogens is 1. The van der Waals surface area contributed by atoms with Gasteiger partial charge in [-0.3, -0.25) is 10.4 Å². The minimum Gasteiger partial charge on any atom is -0.500 e. The molecule has 0 saturated heterocycles. The lowest BCUT2D eigenvalue weighted by molar-refractivity contribution is 0.156. The molecule has 4 N–H and O–H groups in total. The number of hydrogen-bond donors (Lipinski definition) is 4. The summed E-state index contributed by atoms with van der Waals surface area (Å²) < 4.78 is 19.0. The van der Waals surface area contributed by atoms with Crippen molar-refractivity contribution < 1.29 is 14.2 Å². The zero-order valence-electron chi connectivity index (χ0n) is 24.8. The summed E-state index contributed by atoms with van der Waals surface area (Å²) in [6, 6.07) is 1.87. The van der Waals surface area contributed by atoms with Gasteiger partial charge in [0.05, 0.1) is 43.3 Å². The van der Waals surface area contributed by atoms with E-state index in [0.29, 0.717) is 64.6 Å². The van der Waals surface area contributed by atoms with E-state index in [-0.39, 0.29) is 6.10 Å². The number of amidine groups is 1. The van der Waals surface area contributed by atoms with Gasteiger partial charge in [-0.15, -0.1) is 0 Å². The van der Waals surface area contributed by atoms with E-state index in [0.717, 1.165) is 49.1 Å². The lowest BCUT2D eigenvalue weighted by Gasteiger charge is -2.23. The number of unbranched alkanes of at least 4 members (excludes halogenated alkanes) is 2. The third-order valence-corrected chi connectivity index (χ3v) is 6.94. The standard InChI is InChI=1S/C30H44IN7O3/c1-20(2)18-40-24(9-7-6-8-13-38(4)5)28(29(31)33)23-17-35-27-15-25(23)41-21(3)11-14-39-19-22(16-32)30-34-12-10-26(36-27)37-30/h10,15-17,19-21,32-33H,6-9,11-14,18H2,1-5H3,(H,34,37)(H,35,36)/b22-19?,28-24+,32-16?,33-29?/t21-/m0/s1. The Kier molecular flexibility index (Phi) is 13.1. The largest absolute Gasteiger partial charge is 0.500 e. The van der Waals surface area contributed by atoms with Gasteiger partial charge in [-0.2, -0.15) is 0 Å². The van der Waals surface area contributed by atoms with Gasteiger partial charge in [0, 0.05) is 36.9 Å². The number of pyridine rings is 1. The summed E-state index contributed by atoms with van der Waals surface area (Å²) in [6.07, 6.45) is 10.8. The molecule has 0 saturated carbocycles. The van der Waals surface area contributed by atoms with Crippen LogP contribution in [0.1, 0.15) is 58.4 Å². The molecule has 2 aliphatic heterocycles. The number of ether oxygens (including phenoxy) is 3. The fourth-order valence-corrected chi connectivity index (χ4v) is 4.85. The molecule has 4 bridgehead atoms. The van der Waals surface area contributed by atoms with Crippen LogP contribution >= 0.6 is 22.6 Å². The predicted molar refractivity (Wildman–Crippen MR) is 175 cm³/mol. The number of hydrogen-bond acceptors (Lipinski definition) is 10. The number of anilines is 1. The molecule has 0 aromatic carbocycles. The van der Waals surface area contributed by atoms with Crippen molar-refractivity contribution >= 4 is 49.8 Å². The summed E-state index contributed by atoms with van der Waals surface area (Å²) in [4.78, 5) is 11.4. The summed E-state index contributed by atoms with van der Waals surface area (Å²) in [5.74, 6) is 3.65. The number of nitrogens with one attached hydrogen (secondary N) is 4. The van der Waals surface area contributed by atoms with Gasteiger partial charge in [-0.25, -0.2) is 4.98 Å². The van der Waals surface area contributed by atoms with E-state index in [1.54, 1.807) is 12.5 Å². The molecule has 0 radical (unpaired) electrons. The van der Waals surface area contributed by atoms with E-state index in [1.165, 1.54) is 6.21 Å². The second-order valence-corrected chi connectivity index (χ2v) is 11.9. The van der Waals surface area contributed by atoms with Gasteiger partial charge in [0.15, 0.2) is 0 Å². The first-order valence-corrected chi connectivity index (χ1v) is 15.3. The molecule has 3 rings (SSSR count). The Morgan fingerprint density at radius 3 is 2.78 bits per heavy atom. The number of rotatable bonds is 12. The van der Waals surface area contributed by atoms with Crippen LogP contribution in [0.4, 0.5) is 5.82 Å². The molecular formula is C30H44IN7O3. The summed E-state index contributed by atoms with van der Waals surface area (Å²) in [5, 5.41) is 23.1. The highest BCUT2D eigenvalue weighted by atomic mass is 127. The number of nitrogens with zero attached hydrogens (tertiary/aromatic N) is 3. The van der Waals surface area contributed by atoms with Crippen molar-refractivity contribution in [3.8, 4) is 5.75 Å². The maximum atomic E-state index is 8.76. The quantitative estimate of drug-likeness (QED) is 0.0929. The molecule has 0 fully saturated rings. The summed E-state index contributed by atoms with van der Waals surface area (Å²) >= 11 is 2.06. The average molecular weight is 678 g/mol. The van der Waals surface area contributed by atoms with Gasteiger partial charge in [-0.1, -0.05) is 20.3 Å². The first kappa shape index (κ1) is 32.6. The van der Waals surface area contributed by atoms with Crippen LogP contribution in [0, 0.1) is 16.7 Å². The van der Waals surface area contributed by atoms with E-state index in [2.05, 4.69) is 71.1 Å². The number of aliphatic imine (C=N–C) groups is 1. The van der Waals surface area contributed by atoms with Gasteiger partial charge in [-0.05, 0) is 75.0 Å². The first-order valence-electron chi connectivity index (χ1n) is 14.2. The molecule has 0 aliphatic carbocycles. The van der Waals surface area contributed by atoms with Crippen LogP contribution in [0.3, 0.4) is 0 Å². The van der Waals surface area contributed by atoms with Gasteiger partial charge in [0.25, 0.3) is 0 Å². The molecule has 0 spiro atoms. The van der Waals surface area contributed by atoms with Crippen LogP contribution in [0.2, 0.25) is 0 Å². The Hall–Kier alpha value is -2.93. The summed E-state index contributed by atoms with van der Waals surface area (Å²) in [5.41, 5.74) is 2.01. The third kappa shape index (κ3) is 10.4. The molecule has 11 heteroatoms. The highest BCUT2D eigenvalue weighted by Gasteiger charge is 2.22. The van der Waals surface area contributed by atoms with Crippen LogP contribution in [-0.4, -0.2) is 72.2 Å². The molecule has 224 valence electrons. The van der Waals surface area contributed by atoms with E-state index in [4.69, 9.17) is 30.0 Å². The van der Waals surface area contributed by atoms with E-state index < -0.39 is 0 Å². The second-order valence-electron chi connectivity index (χ2n) is 10.9. The van der Waals surface area contributed by atoms with Crippen LogP contribution in [-0.2, 0) is 9.47 Å². The Balaban J connectivity index is 1.99. The zero-order chi connectivity index (χ0) is 29.8. The molecule has 41 heavy (non-hydrogen) atoms. The van der Waals surface area contributed by atoms with Gasteiger partial charge >= 0.3 is 0 Å². The smallest absolute Gasteiger partial charge is 0.138 e. The molecule has 1 aromatic heterocycles. The zero-order valence-corrected chi connectivity index (χ0v) is 27.0. The van der Waals surface area contributed by atoms with E-state index in [9.17, 15) is 0 Å². The van der Waals surface area contributed by atoms with E-state index in [1.807, 2.05) is 19.1 Å². The van der Waals surface area contributed by atoms with Crippen LogP contribution < -0.4 is 15.4 Å². The van der Waals surface area contributed by atoms with Crippen molar-refractivity contribution in [2.45, 2.75) is 59.0 Å². The van der Waals surface area contributed by atoms with E-state index >= 15 is 0 Å². The number of fused-ring (bicyclic) bond motifs is 4. The normalized spacial score (nSPS) is 17.9. The number of aromatic nitrogens is 1.